The molecule has 6 aliphatic rings. The van der Waals surface area contributed by atoms with Gasteiger partial charge >= 0.3 is 0 Å². The molecule has 5 fully saturated rings. The largest absolute Gasteiger partial charge is 0.507 e. The Labute approximate surface area is 446 Å². The molecule has 5 N–H and O–H groups in total. The normalized spacial score (nSPS) is 25.1. The zero-order valence-electron chi connectivity index (χ0n) is 44.5. The summed E-state index contributed by atoms with van der Waals surface area (Å²) in [6.07, 6.45) is 17.7. The number of methoxy groups -OCH3 is 1. The minimum absolute atomic E-state index is 0.00783. The van der Waals surface area contributed by atoms with Crippen LogP contribution in [-0.2, 0) is 25.7 Å². The third kappa shape index (κ3) is 11.4. The number of benzene rings is 2. The molecule has 2 aromatic carbocycles. The third-order valence-electron chi connectivity index (χ3n) is 17.2. The number of β-amino-alcohol motifs (C(OH)–C–C–N with tert-alkyl or cyclic N) is 1. The van der Waals surface area contributed by atoms with E-state index in [0.717, 1.165) is 114 Å². The average molecular weight is 1040 g/mol. The predicted molar refractivity (Wildman–Crippen MR) is 290 cm³/mol. The van der Waals surface area contributed by atoms with Gasteiger partial charge in [-0.15, -0.1) is 16.6 Å². The van der Waals surface area contributed by atoms with Crippen LogP contribution in [0.15, 0.2) is 60.9 Å². The highest BCUT2D eigenvalue weighted by atomic mass is 16.5. The molecule has 6 heterocycles. The molecule has 4 atom stereocenters. The maximum absolute atomic E-state index is 14.4. The number of likely N-dealkylation sites (tertiary alicyclic amines) is 2. The van der Waals surface area contributed by atoms with E-state index in [1.807, 2.05) is 57.4 Å². The van der Waals surface area contributed by atoms with Gasteiger partial charge in [-0.25, -0.2) is 9.97 Å². The van der Waals surface area contributed by atoms with Crippen molar-refractivity contribution in [3.63, 3.8) is 0 Å². The lowest BCUT2D eigenvalue weighted by Crippen LogP contribution is -2.59. The molecule has 4 aliphatic heterocycles. The first kappa shape index (κ1) is 52.9. The lowest BCUT2D eigenvalue weighted by atomic mass is 9.56. The van der Waals surface area contributed by atoms with Crippen molar-refractivity contribution in [1.82, 2.24) is 40.6 Å². The van der Waals surface area contributed by atoms with Crippen LogP contribution in [0.3, 0.4) is 0 Å². The molecule has 3 saturated heterocycles. The fourth-order valence-electron chi connectivity index (χ4n) is 12.7. The number of nitrogens with one attached hydrogen (secondary N) is 3. The van der Waals surface area contributed by atoms with E-state index < -0.39 is 23.6 Å². The number of aliphatic hydroxyl groups excluding tert-OH is 1. The number of terminal acetylenes is 1. The number of phenols is 1. The van der Waals surface area contributed by atoms with Crippen molar-refractivity contribution >= 4 is 35.2 Å². The number of hydrogen-bond donors (Lipinski definition) is 5. The van der Waals surface area contributed by atoms with Crippen LogP contribution in [0.4, 0.5) is 17.5 Å². The molecule has 404 valence electrons. The molecule has 3 amide bonds. The SMILES string of the molecule is C#Cc1ccc(CNC(=O)[C@@H]2C[C@@H](O)CN2C(=O)[C@@H](NC(=O)[C@H]2CCC3(CC2)C[C@H](N2CCC(c4cnc(N5CCN6c7cc(-c8ccccc8O)nnc7NC[C@H]6C5)nc4)CC2)C3)C(C)(C)C)c(OCCCOC)c1. The standard InChI is InChI=1S/C58H75N11O7/c1-6-37-12-13-40(50(26-37)76-25-9-24-75-5)31-60-54(73)48-27-44(70)36-69(48)55(74)51(57(2,3)4)63-53(72)39-14-18-58(19-15-39)29-42(30-58)66-20-16-38(17-21-66)41-32-61-56(62-33-41)67-22-23-68-43(35-67)34-59-52-47(68)28-46(64-65-52)45-10-7-8-11-49(45)71/h1,7-8,10-13,26,28,32-33,38-39,42-44,48,51,70-71H,9,14-25,27,29-31,34-36H2,2-5H3,(H,59,65)(H,60,73)(H,63,72)/t39-,42-,43-,44+,48-,51+,58?/m0/s1. The van der Waals surface area contributed by atoms with Crippen molar-refractivity contribution in [2.75, 3.05) is 81.3 Å². The van der Waals surface area contributed by atoms with Gasteiger partial charge in [0, 0.05) is 107 Å². The summed E-state index contributed by atoms with van der Waals surface area (Å²) >= 11 is 0. The number of aromatic nitrogens is 4. The molecular formula is C58H75N11O7. The van der Waals surface area contributed by atoms with E-state index in [2.05, 4.69) is 46.8 Å². The van der Waals surface area contributed by atoms with E-state index in [1.165, 1.54) is 10.5 Å². The highest BCUT2D eigenvalue weighted by Gasteiger charge is 2.50. The second-order valence-corrected chi connectivity index (χ2v) is 23.2. The molecule has 0 unspecified atom stereocenters. The number of nitrogens with zero attached hydrogens (tertiary/aromatic N) is 8. The lowest BCUT2D eigenvalue weighted by Gasteiger charge is -2.55. The number of aliphatic hydroxyl groups is 1. The van der Waals surface area contributed by atoms with E-state index in [0.29, 0.717) is 54.2 Å². The summed E-state index contributed by atoms with van der Waals surface area (Å²) in [5, 5.41) is 39.7. The number of phenolic OH excluding ortho intramolecular Hbond substituents is 1. The summed E-state index contributed by atoms with van der Waals surface area (Å²) in [6, 6.07) is 13.6. The Hall–Kier alpha value is -6.55. The Morgan fingerprint density at radius 3 is 2.42 bits per heavy atom. The zero-order chi connectivity index (χ0) is 53.1. The number of fused-ring (bicyclic) bond motifs is 3. The number of aromatic hydroxyl groups is 1. The Bertz CT molecular complexity index is 2760. The second-order valence-electron chi connectivity index (χ2n) is 23.2. The number of piperidine rings is 1. The topological polar surface area (TPSA) is 211 Å². The van der Waals surface area contributed by atoms with E-state index in [4.69, 9.17) is 25.9 Å². The molecule has 2 aliphatic carbocycles. The molecule has 1 spiro atoms. The summed E-state index contributed by atoms with van der Waals surface area (Å²) in [7, 11) is 1.63. The maximum atomic E-state index is 14.4. The van der Waals surface area contributed by atoms with Crippen LogP contribution in [0.2, 0.25) is 0 Å². The first-order valence-corrected chi connectivity index (χ1v) is 27.4. The first-order chi connectivity index (χ1) is 36.7. The Morgan fingerprint density at radius 2 is 1.70 bits per heavy atom. The predicted octanol–water partition coefficient (Wildman–Crippen LogP) is 5.48. The van der Waals surface area contributed by atoms with Crippen molar-refractivity contribution in [3.05, 3.63) is 77.6 Å². The van der Waals surface area contributed by atoms with Crippen LogP contribution < -0.4 is 30.5 Å². The fourth-order valence-corrected chi connectivity index (χ4v) is 12.7. The van der Waals surface area contributed by atoms with Gasteiger partial charge in [0.05, 0.1) is 30.1 Å². The van der Waals surface area contributed by atoms with Crippen LogP contribution in [0, 0.1) is 29.1 Å². The molecule has 10 rings (SSSR count). The molecule has 0 bridgehead atoms. The van der Waals surface area contributed by atoms with Crippen molar-refractivity contribution in [2.24, 2.45) is 16.7 Å². The maximum Gasteiger partial charge on any atom is 0.246 e. The lowest BCUT2D eigenvalue weighted by molar-refractivity contribution is -0.145. The van der Waals surface area contributed by atoms with E-state index in [9.17, 15) is 24.6 Å². The van der Waals surface area contributed by atoms with Gasteiger partial charge in [-0.05, 0) is 117 Å². The fraction of sp³-hybridized carbons (Fsp3) is 0.569. The molecule has 0 radical (unpaired) electrons. The number of rotatable bonds is 15. The molecular weight excluding hydrogens is 963 g/mol. The number of anilines is 3. The van der Waals surface area contributed by atoms with Crippen LogP contribution in [0.5, 0.6) is 11.5 Å². The summed E-state index contributed by atoms with van der Waals surface area (Å²) in [5.74, 6) is 4.28. The number of carbonyl (C=O) groups is 3. The molecule has 18 nitrogen and oxygen atoms in total. The highest BCUT2D eigenvalue weighted by Crippen LogP contribution is 2.55. The van der Waals surface area contributed by atoms with Crippen molar-refractivity contribution < 1.29 is 34.1 Å². The number of amides is 3. The molecule has 2 saturated carbocycles. The van der Waals surface area contributed by atoms with Gasteiger partial charge in [0.1, 0.15) is 23.6 Å². The van der Waals surface area contributed by atoms with Gasteiger partial charge in [0.2, 0.25) is 23.7 Å². The van der Waals surface area contributed by atoms with Crippen molar-refractivity contribution in [2.45, 2.75) is 128 Å². The van der Waals surface area contributed by atoms with E-state index in [-0.39, 0.29) is 60.4 Å². The molecule has 2 aromatic heterocycles. The number of para-hydroxylation sites is 1. The van der Waals surface area contributed by atoms with Crippen molar-refractivity contribution in [1.29, 1.82) is 0 Å². The van der Waals surface area contributed by atoms with Gasteiger partial charge in [0.25, 0.3) is 0 Å². The van der Waals surface area contributed by atoms with Crippen LogP contribution in [0.1, 0.15) is 108 Å². The zero-order valence-corrected chi connectivity index (χ0v) is 44.5. The first-order valence-electron chi connectivity index (χ1n) is 27.4. The smallest absolute Gasteiger partial charge is 0.246 e. The van der Waals surface area contributed by atoms with Gasteiger partial charge in [-0.1, -0.05) is 44.9 Å². The van der Waals surface area contributed by atoms with Gasteiger partial charge < -0.3 is 55.2 Å². The summed E-state index contributed by atoms with van der Waals surface area (Å²) in [6.45, 7) is 12.1. The van der Waals surface area contributed by atoms with Crippen molar-refractivity contribution in [3.8, 4) is 35.1 Å². The molecule has 18 heteroatoms. The number of carbonyl (C=O) groups excluding carboxylic acids is 3. The van der Waals surface area contributed by atoms with Gasteiger partial charge in [-0.2, -0.15) is 0 Å². The average Bonchev–Trinajstić information content (AvgIpc) is 3.85. The van der Waals surface area contributed by atoms with Crippen LogP contribution in [0.25, 0.3) is 11.3 Å². The molecule has 76 heavy (non-hydrogen) atoms. The number of piperazine rings is 1. The third-order valence-corrected chi connectivity index (χ3v) is 17.2. The quantitative estimate of drug-likeness (QED) is 0.0737. The number of ether oxygens (including phenoxy) is 2. The Kier molecular flexibility index (Phi) is 15.7. The van der Waals surface area contributed by atoms with Crippen LogP contribution >= 0.6 is 0 Å². The monoisotopic (exact) mass is 1040 g/mol. The Balaban J connectivity index is 0.667. The van der Waals surface area contributed by atoms with Gasteiger partial charge in [-0.3, -0.25) is 14.4 Å². The molecule has 4 aromatic rings. The highest BCUT2D eigenvalue weighted by molar-refractivity contribution is 5.93. The van der Waals surface area contributed by atoms with E-state index >= 15 is 0 Å². The summed E-state index contributed by atoms with van der Waals surface area (Å²) < 4.78 is 11.1. The van der Waals surface area contributed by atoms with Crippen LogP contribution in [-0.4, -0.2) is 154 Å². The summed E-state index contributed by atoms with van der Waals surface area (Å²) in [5.41, 5.74) is 4.52. The number of hydrogen-bond acceptors (Lipinski definition) is 15. The minimum atomic E-state index is -0.896. The second kappa shape index (κ2) is 22.6. The Morgan fingerprint density at radius 1 is 0.934 bits per heavy atom. The minimum Gasteiger partial charge on any atom is -0.507 e. The summed E-state index contributed by atoms with van der Waals surface area (Å²) in [4.78, 5) is 60.9. The van der Waals surface area contributed by atoms with Gasteiger partial charge in [0.15, 0.2) is 5.82 Å². The van der Waals surface area contributed by atoms with E-state index in [1.54, 1.807) is 31.4 Å².